The standard InChI is InChI=1S/C11H11BrClFN4/c1-18-11(7(12)5-16-18)10(17-15)6-2-3-9(14)8(13)4-6/h2-5,10,17H,15H2,1H3. The third kappa shape index (κ3) is 2.42. The van der Waals surface area contributed by atoms with Gasteiger partial charge in [-0.25, -0.2) is 9.82 Å². The second-order valence-corrected chi connectivity index (χ2v) is 5.04. The van der Waals surface area contributed by atoms with Gasteiger partial charge in [0.15, 0.2) is 0 Å². The molecule has 0 radical (unpaired) electrons. The van der Waals surface area contributed by atoms with E-state index in [1.165, 1.54) is 6.07 Å². The predicted octanol–water partition coefficient (Wildman–Crippen LogP) is 2.53. The minimum absolute atomic E-state index is 0.0611. The number of benzene rings is 1. The number of rotatable bonds is 3. The van der Waals surface area contributed by atoms with E-state index in [0.29, 0.717) is 0 Å². The van der Waals surface area contributed by atoms with Gasteiger partial charge in [0.25, 0.3) is 0 Å². The summed E-state index contributed by atoms with van der Waals surface area (Å²) < 4.78 is 15.7. The first kappa shape index (κ1) is 13.5. The Balaban J connectivity index is 2.48. The van der Waals surface area contributed by atoms with E-state index in [1.54, 1.807) is 30.1 Å². The number of hydrazine groups is 1. The van der Waals surface area contributed by atoms with Crippen molar-refractivity contribution in [1.29, 1.82) is 0 Å². The van der Waals surface area contributed by atoms with E-state index in [9.17, 15) is 4.39 Å². The number of aromatic nitrogens is 2. The van der Waals surface area contributed by atoms with Crippen LogP contribution in [0.1, 0.15) is 17.3 Å². The monoisotopic (exact) mass is 332 g/mol. The molecule has 1 aromatic heterocycles. The maximum absolute atomic E-state index is 13.2. The molecule has 0 aliphatic carbocycles. The van der Waals surface area contributed by atoms with Crippen molar-refractivity contribution in [3.63, 3.8) is 0 Å². The molecule has 0 saturated carbocycles. The van der Waals surface area contributed by atoms with Crippen molar-refractivity contribution < 1.29 is 4.39 Å². The van der Waals surface area contributed by atoms with Crippen LogP contribution in [0.4, 0.5) is 4.39 Å². The summed E-state index contributed by atoms with van der Waals surface area (Å²) in [6.07, 6.45) is 1.67. The van der Waals surface area contributed by atoms with E-state index in [1.807, 2.05) is 0 Å². The van der Waals surface area contributed by atoms with E-state index in [0.717, 1.165) is 15.7 Å². The molecular weight excluding hydrogens is 323 g/mol. The van der Waals surface area contributed by atoms with Gasteiger partial charge in [-0.1, -0.05) is 17.7 Å². The first-order chi connectivity index (χ1) is 8.54. The number of hydrogen-bond acceptors (Lipinski definition) is 3. The van der Waals surface area contributed by atoms with E-state index in [-0.39, 0.29) is 11.1 Å². The highest BCUT2D eigenvalue weighted by Gasteiger charge is 2.20. The molecular formula is C11H11BrClFN4. The van der Waals surface area contributed by atoms with Crippen LogP contribution < -0.4 is 11.3 Å². The van der Waals surface area contributed by atoms with Crippen LogP contribution >= 0.6 is 27.5 Å². The van der Waals surface area contributed by atoms with E-state index >= 15 is 0 Å². The van der Waals surface area contributed by atoms with E-state index < -0.39 is 5.82 Å². The molecule has 0 saturated heterocycles. The number of nitrogens with two attached hydrogens (primary N) is 1. The van der Waals surface area contributed by atoms with Gasteiger partial charge < -0.3 is 0 Å². The van der Waals surface area contributed by atoms with Crippen LogP contribution in [-0.4, -0.2) is 9.78 Å². The third-order valence-corrected chi connectivity index (χ3v) is 3.56. The van der Waals surface area contributed by atoms with Crippen molar-refractivity contribution in [2.75, 3.05) is 0 Å². The van der Waals surface area contributed by atoms with Crippen molar-refractivity contribution in [3.8, 4) is 0 Å². The Morgan fingerprint density at radius 1 is 1.56 bits per heavy atom. The van der Waals surface area contributed by atoms with Gasteiger partial charge in [-0.15, -0.1) is 0 Å². The van der Waals surface area contributed by atoms with Crippen molar-refractivity contribution >= 4 is 27.5 Å². The molecule has 7 heteroatoms. The third-order valence-electron chi connectivity index (χ3n) is 2.65. The molecule has 0 spiro atoms. The Hall–Kier alpha value is -0.950. The fraction of sp³-hybridized carbons (Fsp3) is 0.182. The van der Waals surface area contributed by atoms with Crippen LogP contribution in [0.3, 0.4) is 0 Å². The van der Waals surface area contributed by atoms with Crippen LogP contribution in [0.5, 0.6) is 0 Å². The Kier molecular flexibility index (Phi) is 4.01. The molecule has 18 heavy (non-hydrogen) atoms. The normalized spacial score (nSPS) is 12.7. The van der Waals surface area contributed by atoms with Crippen LogP contribution in [0.15, 0.2) is 28.9 Å². The van der Waals surface area contributed by atoms with E-state index in [4.69, 9.17) is 17.4 Å². The second kappa shape index (κ2) is 5.36. The van der Waals surface area contributed by atoms with E-state index in [2.05, 4.69) is 26.5 Å². The summed E-state index contributed by atoms with van der Waals surface area (Å²) in [7, 11) is 1.80. The Labute approximate surface area is 117 Å². The fourth-order valence-corrected chi connectivity index (χ4v) is 2.54. The topological polar surface area (TPSA) is 55.9 Å². The minimum atomic E-state index is -0.458. The van der Waals surface area contributed by atoms with Gasteiger partial charge in [0, 0.05) is 7.05 Å². The zero-order valence-electron chi connectivity index (χ0n) is 9.49. The molecule has 1 aromatic carbocycles. The molecule has 0 amide bonds. The zero-order chi connectivity index (χ0) is 13.3. The first-order valence-corrected chi connectivity index (χ1v) is 6.30. The smallest absolute Gasteiger partial charge is 0.141 e. The lowest BCUT2D eigenvalue weighted by Crippen LogP contribution is -2.30. The second-order valence-electron chi connectivity index (χ2n) is 3.77. The average molecular weight is 334 g/mol. The summed E-state index contributed by atoms with van der Waals surface area (Å²) in [5, 5.41) is 4.18. The lowest BCUT2D eigenvalue weighted by atomic mass is 10.0. The van der Waals surface area contributed by atoms with Crippen LogP contribution in [0, 0.1) is 5.82 Å². The summed E-state index contributed by atoms with van der Waals surface area (Å²) in [6, 6.07) is 4.16. The summed E-state index contributed by atoms with van der Waals surface area (Å²) in [5.41, 5.74) is 4.27. The Bertz CT molecular complexity index is 553. The van der Waals surface area contributed by atoms with Crippen molar-refractivity contribution in [1.82, 2.24) is 15.2 Å². The van der Waals surface area contributed by atoms with Crippen LogP contribution in [0.2, 0.25) is 5.02 Å². The van der Waals surface area contributed by atoms with Gasteiger partial charge in [0.05, 0.1) is 27.4 Å². The Morgan fingerprint density at radius 3 is 2.78 bits per heavy atom. The molecule has 3 N–H and O–H groups in total. The number of halogens is 3. The quantitative estimate of drug-likeness (QED) is 0.670. The Morgan fingerprint density at radius 2 is 2.28 bits per heavy atom. The van der Waals surface area contributed by atoms with Gasteiger partial charge in [0.2, 0.25) is 0 Å². The molecule has 0 aliphatic heterocycles. The van der Waals surface area contributed by atoms with Gasteiger partial charge in [-0.2, -0.15) is 5.10 Å². The summed E-state index contributed by atoms with van der Waals surface area (Å²) in [5.74, 6) is 5.12. The maximum Gasteiger partial charge on any atom is 0.141 e. The highest BCUT2D eigenvalue weighted by atomic mass is 79.9. The number of hydrogen-bond donors (Lipinski definition) is 2. The molecule has 1 atom stereocenters. The molecule has 1 unspecified atom stereocenters. The van der Waals surface area contributed by atoms with Crippen molar-refractivity contribution in [2.45, 2.75) is 6.04 Å². The average Bonchev–Trinajstić information content (AvgIpc) is 2.66. The highest BCUT2D eigenvalue weighted by Crippen LogP contribution is 2.29. The molecule has 4 nitrogen and oxygen atoms in total. The SMILES string of the molecule is Cn1ncc(Br)c1C(NN)c1ccc(F)c(Cl)c1. The molecule has 0 bridgehead atoms. The molecule has 2 aromatic rings. The van der Waals surface area contributed by atoms with Gasteiger partial charge in [0.1, 0.15) is 5.82 Å². The number of nitrogens with one attached hydrogen (secondary N) is 1. The fourth-order valence-electron chi connectivity index (χ4n) is 1.77. The first-order valence-electron chi connectivity index (χ1n) is 5.13. The number of nitrogens with zero attached hydrogens (tertiary/aromatic N) is 2. The van der Waals surface area contributed by atoms with Gasteiger partial charge in [-0.3, -0.25) is 10.5 Å². The maximum atomic E-state index is 13.2. The molecule has 96 valence electrons. The lowest BCUT2D eigenvalue weighted by Gasteiger charge is -2.17. The number of aryl methyl sites for hydroxylation is 1. The predicted molar refractivity (Wildman–Crippen MR) is 71.5 cm³/mol. The lowest BCUT2D eigenvalue weighted by molar-refractivity contribution is 0.570. The summed E-state index contributed by atoms with van der Waals surface area (Å²) in [6.45, 7) is 0. The summed E-state index contributed by atoms with van der Waals surface area (Å²) in [4.78, 5) is 0. The minimum Gasteiger partial charge on any atom is -0.271 e. The van der Waals surface area contributed by atoms with Crippen molar-refractivity contribution in [2.24, 2.45) is 12.9 Å². The summed E-state index contributed by atoms with van der Waals surface area (Å²) >= 11 is 9.18. The van der Waals surface area contributed by atoms with Gasteiger partial charge >= 0.3 is 0 Å². The molecule has 1 heterocycles. The molecule has 0 fully saturated rings. The highest BCUT2D eigenvalue weighted by molar-refractivity contribution is 9.10. The molecule has 2 rings (SSSR count). The largest absolute Gasteiger partial charge is 0.271 e. The zero-order valence-corrected chi connectivity index (χ0v) is 11.8. The molecule has 0 aliphatic rings. The van der Waals surface area contributed by atoms with Gasteiger partial charge in [-0.05, 0) is 33.6 Å². The van der Waals surface area contributed by atoms with Crippen LogP contribution in [-0.2, 0) is 7.05 Å². The van der Waals surface area contributed by atoms with Crippen LogP contribution in [0.25, 0.3) is 0 Å². The van der Waals surface area contributed by atoms with Crippen molar-refractivity contribution in [3.05, 3.63) is 51.0 Å².